The van der Waals surface area contributed by atoms with Gasteiger partial charge in [-0.2, -0.15) is 8.42 Å². The van der Waals surface area contributed by atoms with Gasteiger partial charge in [-0.1, -0.05) is 58.8 Å². The Hall–Kier alpha value is -0.130. The Morgan fingerprint density at radius 3 is 1.95 bits per heavy atom. The lowest BCUT2D eigenvalue weighted by molar-refractivity contribution is 0.147. The third-order valence-corrected chi connectivity index (χ3v) is 4.75. The maximum Gasteiger partial charge on any atom is 0.267 e. The van der Waals surface area contributed by atoms with E-state index in [1.54, 1.807) is 0 Å². The molecule has 0 radical (unpaired) electrons. The average Bonchev–Trinajstić information content (AvgIpc) is 2.32. The average molecular weight is 294 g/mol. The predicted molar refractivity (Wildman–Crippen MR) is 78.9 cm³/mol. The fraction of sp³-hybridized carbons (Fsp3) is 1.00. The maximum atomic E-state index is 11.3. The Kier molecular flexibility index (Phi) is 10.6. The minimum absolute atomic E-state index is 0.161. The Morgan fingerprint density at radius 2 is 1.42 bits per heavy atom. The van der Waals surface area contributed by atoms with Crippen LogP contribution in [-0.2, 0) is 10.1 Å². The molecule has 0 rings (SSSR count). The van der Waals surface area contributed by atoms with Crippen LogP contribution in [0.5, 0.6) is 0 Å². The first-order valence-corrected chi connectivity index (χ1v) is 9.06. The summed E-state index contributed by atoms with van der Waals surface area (Å²) >= 11 is 0. The highest BCUT2D eigenvalue weighted by Crippen LogP contribution is 2.19. The van der Waals surface area contributed by atoms with Crippen LogP contribution in [0, 0.1) is 0 Å². The Balaban J connectivity index is 4.13. The lowest BCUT2D eigenvalue weighted by Gasteiger charge is -2.17. The molecule has 19 heavy (non-hydrogen) atoms. The van der Waals surface area contributed by atoms with Crippen LogP contribution in [0.1, 0.15) is 78.1 Å². The van der Waals surface area contributed by atoms with Crippen molar-refractivity contribution in [3.05, 3.63) is 0 Å². The van der Waals surface area contributed by atoms with Crippen LogP contribution in [0.25, 0.3) is 0 Å². The quantitative estimate of drug-likeness (QED) is 0.426. The van der Waals surface area contributed by atoms with E-state index >= 15 is 0 Å². The molecule has 2 atom stereocenters. The minimum Gasteiger partial charge on any atom is -0.393 e. The summed E-state index contributed by atoms with van der Waals surface area (Å²) in [5, 5.41) is 9.03. The van der Waals surface area contributed by atoms with Crippen molar-refractivity contribution in [2.45, 2.75) is 89.4 Å². The van der Waals surface area contributed by atoms with E-state index < -0.39 is 21.5 Å². The molecule has 2 N–H and O–H groups in total. The van der Waals surface area contributed by atoms with Crippen LogP contribution in [0.4, 0.5) is 0 Å². The largest absolute Gasteiger partial charge is 0.393 e. The van der Waals surface area contributed by atoms with Crippen molar-refractivity contribution >= 4 is 10.1 Å². The lowest BCUT2D eigenvalue weighted by atomic mass is 10.0. The third kappa shape index (κ3) is 10.3. The van der Waals surface area contributed by atoms with Crippen LogP contribution in [0.3, 0.4) is 0 Å². The second-order valence-electron chi connectivity index (χ2n) is 5.37. The topological polar surface area (TPSA) is 74.6 Å². The van der Waals surface area contributed by atoms with Crippen molar-refractivity contribution in [3.63, 3.8) is 0 Å². The van der Waals surface area contributed by atoms with Crippen molar-refractivity contribution in [2.75, 3.05) is 0 Å². The third-order valence-electron chi connectivity index (χ3n) is 3.48. The van der Waals surface area contributed by atoms with Gasteiger partial charge in [0.05, 0.1) is 11.4 Å². The summed E-state index contributed by atoms with van der Waals surface area (Å²) in [5.41, 5.74) is 0. The summed E-state index contributed by atoms with van der Waals surface area (Å²) in [4.78, 5) is 0. The zero-order valence-electron chi connectivity index (χ0n) is 12.3. The van der Waals surface area contributed by atoms with Crippen LogP contribution < -0.4 is 0 Å². The van der Waals surface area contributed by atoms with E-state index in [0.717, 1.165) is 44.9 Å². The van der Waals surface area contributed by atoms with Crippen molar-refractivity contribution < 1.29 is 18.1 Å². The van der Waals surface area contributed by atoms with Crippen LogP contribution in [0.2, 0.25) is 0 Å². The van der Waals surface area contributed by atoms with E-state index in [-0.39, 0.29) is 6.42 Å². The van der Waals surface area contributed by atoms with Gasteiger partial charge in [-0.05, 0) is 19.3 Å². The van der Waals surface area contributed by atoms with Gasteiger partial charge in [-0.25, -0.2) is 0 Å². The number of aliphatic hydroxyl groups excluding tert-OH is 1. The zero-order valence-corrected chi connectivity index (χ0v) is 13.2. The number of aliphatic hydroxyl groups is 1. The van der Waals surface area contributed by atoms with Crippen molar-refractivity contribution in [1.29, 1.82) is 0 Å². The van der Waals surface area contributed by atoms with Crippen molar-refractivity contribution in [3.8, 4) is 0 Å². The summed E-state index contributed by atoms with van der Waals surface area (Å²) in [5.74, 6) is 0. The maximum absolute atomic E-state index is 11.3. The van der Waals surface area contributed by atoms with Crippen LogP contribution in [0.15, 0.2) is 0 Å². The molecule has 0 bridgehead atoms. The number of unbranched alkanes of at least 4 members (excludes halogenated alkanes) is 5. The molecular formula is C14H30O4S. The van der Waals surface area contributed by atoms with Gasteiger partial charge in [0, 0.05) is 0 Å². The lowest BCUT2D eigenvalue weighted by Crippen LogP contribution is -2.26. The summed E-state index contributed by atoms with van der Waals surface area (Å²) in [6.07, 6.45) is 7.58. The van der Waals surface area contributed by atoms with Gasteiger partial charge in [0.1, 0.15) is 0 Å². The van der Waals surface area contributed by atoms with Crippen LogP contribution >= 0.6 is 0 Å². The molecule has 0 aliphatic carbocycles. The van der Waals surface area contributed by atoms with E-state index in [4.69, 9.17) is 0 Å². The molecule has 0 aromatic carbocycles. The summed E-state index contributed by atoms with van der Waals surface area (Å²) in [6.45, 7) is 4.18. The smallest absolute Gasteiger partial charge is 0.267 e. The molecule has 4 nitrogen and oxygen atoms in total. The second kappa shape index (κ2) is 10.6. The van der Waals surface area contributed by atoms with E-state index in [1.807, 2.05) is 0 Å². The molecule has 0 amide bonds. The highest BCUT2D eigenvalue weighted by atomic mass is 32.2. The normalized spacial score (nSPS) is 15.4. The summed E-state index contributed by atoms with van der Waals surface area (Å²) < 4.78 is 31.8. The molecule has 0 fully saturated rings. The fourth-order valence-electron chi connectivity index (χ4n) is 2.24. The zero-order chi connectivity index (χ0) is 14.7. The first kappa shape index (κ1) is 18.9. The molecule has 0 saturated carbocycles. The van der Waals surface area contributed by atoms with Crippen LogP contribution in [-0.4, -0.2) is 29.4 Å². The molecule has 0 aromatic rings. The van der Waals surface area contributed by atoms with E-state index in [1.165, 1.54) is 0 Å². The molecule has 0 aliphatic heterocycles. The fourth-order valence-corrected chi connectivity index (χ4v) is 3.17. The molecule has 0 aliphatic rings. The van der Waals surface area contributed by atoms with Gasteiger partial charge in [0.25, 0.3) is 10.1 Å². The van der Waals surface area contributed by atoms with Gasteiger partial charge in [-0.3, -0.25) is 4.55 Å². The van der Waals surface area contributed by atoms with Crippen molar-refractivity contribution in [2.24, 2.45) is 0 Å². The molecule has 0 aromatic heterocycles. The number of rotatable bonds is 12. The molecule has 0 saturated heterocycles. The summed E-state index contributed by atoms with van der Waals surface area (Å²) in [6, 6.07) is 0. The monoisotopic (exact) mass is 294 g/mol. The Bertz CT molecular complexity index is 301. The van der Waals surface area contributed by atoms with Gasteiger partial charge >= 0.3 is 0 Å². The second-order valence-corrected chi connectivity index (χ2v) is 7.07. The first-order chi connectivity index (χ1) is 8.91. The highest BCUT2D eigenvalue weighted by molar-refractivity contribution is 7.86. The van der Waals surface area contributed by atoms with Gasteiger partial charge in [0.15, 0.2) is 0 Å². The molecule has 116 valence electrons. The number of hydrogen-bond acceptors (Lipinski definition) is 3. The standard InChI is InChI=1S/C14H30O4S/c1-3-5-7-9-11-14(19(16,17)18)12-13(15)10-8-6-4-2/h13-15H,3-12H2,1-2H3,(H,16,17,18). The molecule has 0 heterocycles. The van der Waals surface area contributed by atoms with Gasteiger partial charge in [0.2, 0.25) is 0 Å². The number of hydrogen-bond donors (Lipinski definition) is 2. The molecule has 2 unspecified atom stereocenters. The Morgan fingerprint density at radius 1 is 0.895 bits per heavy atom. The van der Waals surface area contributed by atoms with Gasteiger partial charge < -0.3 is 5.11 Å². The Labute approximate surface area is 118 Å². The summed E-state index contributed by atoms with van der Waals surface area (Å²) in [7, 11) is -4.04. The van der Waals surface area contributed by atoms with Gasteiger partial charge in [-0.15, -0.1) is 0 Å². The molecular weight excluding hydrogens is 264 g/mol. The highest BCUT2D eigenvalue weighted by Gasteiger charge is 2.25. The van der Waals surface area contributed by atoms with E-state index in [9.17, 15) is 18.1 Å². The van der Waals surface area contributed by atoms with Crippen molar-refractivity contribution in [1.82, 2.24) is 0 Å². The predicted octanol–water partition coefficient (Wildman–Crippen LogP) is 3.54. The minimum atomic E-state index is -4.04. The SMILES string of the molecule is CCCCCCC(CC(O)CCCCC)S(=O)(=O)O. The van der Waals surface area contributed by atoms with E-state index in [0.29, 0.717) is 12.8 Å². The molecule has 5 heteroatoms. The first-order valence-electron chi connectivity index (χ1n) is 7.56. The molecule has 0 spiro atoms. The van der Waals surface area contributed by atoms with E-state index in [2.05, 4.69) is 13.8 Å².